The second kappa shape index (κ2) is 3.75. The highest BCUT2D eigenvalue weighted by Crippen LogP contribution is 2.16. The van der Waals surface area contributed by atoms with E-state index in [2.05, 4.69) is 9.97 Å². The maximum atomic E-state index is 11.8. The summed E-state index contributed by atoms with van der Waals surface area (Å²) >= 11 is 0. The number of fused-ring (bicyclic) bond motifs is 1. The number of ether oxygens (including phenoxy) is 1. The summed E-state index contributed by atoms with van der Waals surface area (Å²) in [5, 5.41) is 0. The molecule has 2 aromatic heterocycles. The number of rotatable bonds is 2. The van der Waals surface area contributed by atoms with E-state index in [0.29, 0.717) is 18.1 Å². The molecule has 0 aliphatic carbocycles. The van der Waals surface area contributed by atoms with Crippen molar-refractivity contribution < 1.29 is 4.74 Å². The van der Waals surface area contributed by atoms with Gasteiger partial charge in [0.15, 0.2) is 5.65 Å². The molecule has 1 N–H and O–H groups in total. The minimum absolute atomic E-state index is 0.0828. The molecule has 1 aliphatic rings. The van der Waals surface area contributed by atoms with Crippen LogP contribution in [0.25, 0.3) is 11.2 Å². The van der Waals surface area contributed by atoms with Gasteiger partial charge in [0.25, 0.3) is 0 Å². The molecule has 3 heterocycles. The van der Waals surface area contributed by atoms with Gasteiger partial charge in [-0.2, -0.15) is 0 Å². The number of nitrogens with one attached hydrogen (secondary N) is 1. The van der Waals surface area contributed by atoms with Crippen molar-refractivity contribution in [2.75, 3.05) is 13.2 Å². The highest BCUT2D eigenvalue weighted by molar-refractivity contribution is 5.70. The zero-order valence-corrected chi connectivity index (χ0v) is 8.85. The molecule has 16 heavy (non-hydrogen) atoms. The summed E-state index contributed by atoms with van der Waals surface area (Å²) in [6, 6.07) is 3.76. The molecule has 1 fully saturated rings. The van der Waals surface area contributed by atoms with Gasteiger partial charge in [0.1, 0.15) is 0 Å². The van der Waals surface area contributed by atoms with Crippen molar-refractivity contribution in [1.82, 2.24) is 14.5 Å². The first-order valence-electron chi connectivity index (χ1n) is 5.46. The number of hydrogen-bond donors (Lipinski definition) is 1. The quantitative estimate of drug-likeness (QED) is 0.811. The Morgan fingerprint density at radius 3 is 3.38 bits per heavy atom. The van der Waals surface area contributed by atoms with Crippen molar-refractivity contribution in [3.05, 3.63) is 28.8 Å². The zero-order chi connectivity index (χ0) is 11.0. The van der Waals surface area contributed by atoms with Crippen LogP contribution in [0.3, 0.4) is 0 Å². The Morgan fingerprint density at radius 1 is 1.62 bits per heavy atom. The van der Waals surface area contributed by atoms with Crippen LogP contribution in [0.15, 0.2) is 23.1 Å². The second-order valence-corrected chi connectivity index (χ2v) is 4.14. The molecule has 5 heteroatoms. The van der Waals surface area contributed by atoms with Gasteiger partial charge in [0.2, 0.25) is 0 Å². The summed E-state index contributed by atoms with van der Waals surface area (Å²) < 4.78 is 7.07. The molecule has 84 valence electrons. The van der Waals surface area contributed by atoms with E-state index in [0.717, 1.165) is 25.2 Å². The van der Waals surface area contributed by atoms with Crippen LogP contribution in [-0.4, -0.2) is 27.7 Å². The molecule has 0 bridgehead atoms. The molecule has 3 rings (SSSR count). The lowest BCUT2D eigenvalue weighted by atomic mass is 10.1. The predicted molar refractivity (Wildman–Crippen MR) is 59.3 cm³/mol. The number of aromatic amines is 1. The largest absolute Gasteiger partial charge is 0.381 e. The Kier molecular flexibility index (Phi) is 2.25. The molecule has 0 aromatic carbocycles. The van der Waals surface area contributed by atoms with Crippen molar-refractivity contribution in [2.24, 2.45) is 5.92 Å². The Balaban J connectivity index is 2.01. The van der Waals surface area contributed by atoms with Crippen LogP contribution >= 0.6 is 0 Å². The molecule has 1 atom stereocenters. The van der Waals surface area contributed by atoms with E-state index in [-0.39, 0.29) is 5.69 Å². The van der Waals surface area contributed by atoms with E-state index in [1.54, 1.807) is 10.8 Å². The minimum atomic E-state index is -0.0828. The Labute approximate surface area is 92.1 Å². The average Bonchev–Trinajstić information content (AvgIpc) is 2.89. The van der Waals surface area contributed by atoms with E-state index in [1.807, 2.05) is 12.1 Å². The van der Waals surface area contributed by atoms with Gasteiger partial charge in [0.05, 0.1) is 12.1 Å². The normalized spacial score (nSPS) is 20.6. The monoisotopic (exact) mass is 219 g/mol. The summed E-state index contributed by atoms with van der Waals surface area (Å²) in [6.07, 6.45) is 2.71. The van der Waals surface area contributed by atoms with Crippen molar-refractivity contribution in [2.45, 2.75) is 13.0 Å². The second-order valence-electron chi connectivity index (χ2n) is 4.14. The van der Waals surface area contributed by atoms with Gasteiger partial charge in [-0.1, -0.05) is 0 Å². The maximum absolute atomic E-state index is 11.8. The Bertz CT molecular complexity index is 552. The molecule has 1 saturated heterocycles. The highest BCUT2D eigenvalue weighted by atomic mass is 16.5. The van der Waals surface area contributed by atoms with E-state index < -0.39 is 0 Å². The van der Waals surface area contributed by atoms with Crippen LogP contribution < -0.4 is 5.69 Å². The van der Waals surface area contributed by atoms with E-state index in [4.69, 9.17) is 4.74 Å². The van der Waals surface area contributed by atoms with Gasteiger partial charge in [-0.25, -0.2) is 9.78 Å². The highest BCUT2D eigenvalue weighted by Gasteiger charge is 2.18. The maximum Gasteiger partial charge on any atom is 0.327 e. The van der Waals surface area contributed by atoms with Crippen LogP contribution in [0, 0.1) is 5.92 Å². The molecule has 0 amide bonds. The van der Waals surface area contributed by atoms with Gasteiger partial charge in [0, 0.05) is 25.3 Å². The molecule has 0 spiro atoms. The van der Waals surface area contributed by atoms with Crippen LogP contribution in [0.1, 0.15) is 6.42 Å². The fourth-order valence-electron chi connectivity index (χ4n) is 2.16. The van der Waals surface area contributed by atoms with Crippen molar-refractivity contribution in [1.29, 1.82) is 0 Å². The van der Waals surface area contributed by atoms with Crippen molar-refractivity contribution >= 4 is 11.2 Å². The van der Waals surface area contributed by atoms with Crippen LogP contribution in [0.5, 0.6) is 0 Å². The number of H-pyrrole nitrogens is 1. The summed E-state index contributed by atoms with van der Waals surface area (Å²) in [5.41, 5.74) is 1.45. The summed E-state index contributed by atoms with van der Waals surface area (Å²) in [7, 11) is 0. The van der Waals surface area contributed by atoms with Crippen molar-refractivity contribution in [3.8, 4) is 0 Å². The smallest absolute Gasteiger partial charge is 0.327 e. The van der Waals surface area contributed by atoms with E-state index in [1.165, 1.54) is 0 Å². The topological polar surface area (TPSA) is 59.9 Å². The summed E-state index contributed by atoms with van der Waals surface area (Å²) in [4.78, 5) is 18.6. The van der Waals surface area contributed by atoms with Crippen molar-refractivity contribution in [3.63, 3.8) is 0 Å². The Morgan fingerprint density at radius 2 is 2.56 bits per heavy atom. The third-order valence-corrected chi connectivity index (χ3v) is 3.01. The average molecular weight is 219 g/mol. The number of imidazole rings is 1. The molecule has 1 unspecified atom stereocenters. The van der Waals surface area contributed by atoms with Crippen LogP contribution in [0.4, 0.5) is 0 Å². The molecular weight excluding hydrogens is 206 g/mol. The summed E-state index contributed by atoms with van der Waals surface area (Å²) in [5.74, 6) is 0.442. The van der Waals surface area contributed by atoms with E-state index in [9.17, 15) is 4.79 Å². The number of aromatic nitrogens is 3. The fourth-order valence-corrected chi connectivity index (χ4v) is 2.16. The SMILES string of the molecule is O=c1[nH]c2ncccc2n1CC1CCOC1. The van der Waals surface area contributed by atoms with Gasteiger partial charge < -0.3 is 4.74 Å². The molecule has 0 radical (unpaired) electrons. The molecule has 1 aliphatic heterocycles. The summed E-state index contributed by atoms with van der Waals surface area (Å²) in [6.45, 7) is 2.27. The zero-order valence-electron chi connectivity index (χ0n) is 8.85. The molecular formula is C11H13N3O2. The number of hydrogen-bond acceptors (Lipinski definition) is 3. The van der Waals surface area contributed by atoms with Crippen LogP contribution in [0.2, 0.25) is 0 Å². The third-order valence-electron chi connectivity index (χ3n) is 3.01. The minimum Gasteiger partial charge on any atom is -0.381 e. The number of pyridine rings is 1. The first-order chi connectivity index (χ1) is 7.84. The third kappa shape index (κ3) is 1.53. The first kappa shape index (κ1) is 9.59. The lowest BCUT2D eigenvalue weighted by Gasteiger charge is -2.07. The molecule has 2 aromatic rings. The van der Waals surface area contributed by atoms with Gasteiger partial charge in [-0.3, -0.25) is 9.55 Å². The van der Waals surface area contributed by atoms with Gasteiger partial charge in [-0.05, 0) is 18.6 Å². The first-order valence-corrected chi connectivity index (χ1v) is 5.46. The van der Waals surface area contributed by atoms with Gasteiger partial charge >= 0.3 is 5.69 Å². The standard InChI is InChI=1S/C11H13N3O2/c15-11-13-10-9(2-1-4-12-10)14(11)6-8-3-5-16-7-8/h1-2,4,8H,3,5-7H2,(H,12,13,15). The molecule has 5 nitrogen and oxygen atoms in total. The fraction of sp³-hybridized carbons (Fsp3) is 0.455. The number of nitrogens with zero attached hydrogens (tertiary/aromatic N) is 2. The molecule has 0 saturated carbocycles. The van der Waals surface area contributed by atoms with E-state index >= 15 is 0 Å². The van der Waals surface area contributed by atoms with Gasteiger partial charge in [-0.15, -0.1) is 0 Å². The lowest BCUT2D eigenvalue weighted by molar-refractivity contribution is 0.182. The van der Waals surface area contributed by atoms with Crippen LogP contribution in [-0.2, 0) is 11.3 Å². The lowest BCUT2D eigenvalue weighted by Crippen LogP contribution is -2.21. The predicted octanol–water partition coefficient (Wildman–Crippen LogP) is 0.761. The Hall–Kier alpha value is -1.62.